The average molecular weight is 249 g/mol. The highest BCUT2D eigenvalue weighted by molar-refractivity contribution is 8.13. The first-order valence-electron chi connectivity index (χ1n) is 4.56. The van der Waals surface area contributed by atoms with Crippen molar-refractivity contribution in [3.05, 3.63) is 29.8 Å². The van der Waals surface area contributed by atoms with Crippen LogP contribution in [0.15, 0.2) is 24.3 Å². The van der Waals surface area contributed by atoms with Crippen LogP contribution in [-0.2, 0) is 15.5 Å². The molecule has 0 spiro atoms. The largest absolute Gasteiger partial charge is 0.497 e. The number of ether oxygens (including phenoxy) is 1. The van der Waals surface area contributed by atoms with Crippen LogP contribution in [0.25, 0.3) is 0 Å². The molecule has 0 aliphatic heterocycles. The van der Waals surface area contributed by atoms with Gasteiger partial charge in [-0.3, -0.25) is 0 Å². The zero-order valence-electron chi connectivity index (χ0n) is 8.44. The lowest BCUT2D eigenvalue weighted by Crippen LogP contribution is -1.99. The summed E-state index contributed by atoms with van der Waals surface area (Å²) in [6.45, 7) is 0. The Morgan fingerprint density at radius 1 is 1.40 bits per heavy atom. The van der Waals surface area contributed by atoms with E-state index in [1.54, 1.807) is 7.11 Å². The van der Waals surface area contributed by atoms with Crippen LogP contribution in [-0.4, -0.2) is 21.3 Å². The summed E-state index contributed by atoms with van der Waals surface area (Å²) in [6, 6.07) is 7.55. The van der Waals surface area contributed by atoms with Crippen LogP contribution in [0.4, 0.5) is 0 Å². The molecule has 1 aromatic rings. The van der Waals surface area contributed by atoms with E-state index in [9.17, 15) is 8.42 Å². The van der Waals surface area contributed by atoms with Crippen LogP contribution in [0.5, 0.6) is 5.75 Å². The first-order valence-corrected chi connectivity index (χ1v) is 7.04. The summed E-state index contributed by atoms with van der Waals surface area (Å²) in [5.74, 6) is 0.785. The van der Waals surface area contributed by atoms with Crippen molar-refractivity contribution in [2.75, 3.05) is 12.9 Å². The monoisotopic (exact) mass is 248 g/mol. The van der Waals surface area contributed by atoms with E-state index in [4.69, 9.17) is 15.4 Å². The van der Waals surface area contributed by atoms with Crippen LogP contribution in [0, 0.1) is 0 Å². The van der Waals surface area contributed by atoms with Crippen molar-refractivity contribution in [3.8, 4) is 5.75 Å². The normalized spacial score (nSPS) is 11.3. The molecule has 84 valence electrons. The fourth-order valence-corrected chi connectivity index (χ4v) is 2.09. The highest BCUT2D eigenvalue weighted by atomic mass is 35.7. The quantitative estimate of drug-likeness (QED) is 0.751. The third kappa shape index (κ3) is 5.04. The maximum Gasteiger partial charge on any atom is 0.232 e. The van der Waals surface area contributed by atoms with Crippen molar-refractivity contribution in [3.63, 3.8) is 0 Å². The number of methoxy groups -OCH3 is 1. The van der Waals surface area contributed by atoms with Crippen molar-refractivity contribution in [1.82, 2.24) is 0 Å². The molecule has 0 aliphatic rings. The van der Waals surface area contributed by atoms with Crippen molar-refractivity contribution < 1.29 is 13.2 Å². The molecule has 15 heavy (non-hydrogen) atoms. The molecule has 0 fully saturated rings. The predicted molar refractivity (Wildman–Crippen MR) is 61.0 cm³/mol. The van der Waals surface area contributed by atoms with E-state index in [1.165, 1.54) is 0 Å². The smallest absolute Gasteiger partial charge is 0.232 e. The Balaban J connectivity index is 2.51. The second-order valence-corrected chi connectivity index (χ2v) is 6.09. The molecule has 0 bridgehead atoms. The minimum Gasteiger partial charge on any atom is -0.497 e. The van der Waals surface area contributed by atoms with Gasteiger partial charge in [-0.25, -0.2) is 8.42 Å². The minimum absolute atomic E-state index is 0.00572. The minimum atomic E-state index is -3.37. The molecule has 0 saturated heterocycles. The molecule has 5 heteroatoms. The Morgan fingerprint density at radius 2 is 2.13 bits per heavy atom. The molecule has 0 radical (unpaired) electrons. The van der Waals surface area contributed by atoms with Crippen LogP contribution in [0.1, 0.15) is 12.0 Å². The van der Waals surface area contributed by atoms with Crippen LogP contribution in [0.2, 0.25) is 0 Å². The Hall–Kier alpha value is -0.740. The molecule has 1 rings (SSSR count). The van der Waals surface area contributed by atoms with Crippen molar-refractivity contribution in [1.29, 1.82) is 0 Å². The van der Waals surface area contributed by atoms with Gasteiger partial charge in [0.25, 0.3) is 0 Å². The Bertz CT molecular complexity index is 414. The summed E-state index contributed by atoms with van der Waals surface area (Å²) in [5.41, 5.74) is 1.05. The number of hydrogen-bond donors (Lipinski definition) is 0. The summed E-state index contributed by atoms with van der Waals surface area (Å²) < 4.78 is 26.4. The SMILES string of the molecule is COc1cccc(CCCS(=O)(=O)Cl)c1. The molecule has 0 saturated carbocycles. The summed E-state index contributed by atoms with van der Waals surface area (Å²) in [4.78, 5) is 0. The molecule has 0 atom stereocenters. The van der Waals surface area contributed by atoms with E-state index in [-0.39, 0.29) is 5.75 Å². The van der Waals surface area contributed by atoms with E-state index in [0.29, 0.717) is 12.8 Å². The number of aryl methyl sites for hydroxylation is 1. The lowest BCUT2D eigenvalue weighted by atomic mass is 10.1. The lowest BCUT2D eigenvalue weighted by Gasteiger charge is -2.03. The molecular weight excluding hydrogens is 236 g/mol. The van der Waals surface area contributed by atoms with Crippen LogP contribution in [0.3, 0.4) is 0 Å². The van der Waals surface area contributed by atoms with E-state index >= 15 is 0 Å². The van der Waals surface area contributed by atoms with Gasteiger partial charge in [-0.05, 0) is 30.5 Å². The van der Waals surface area contributed by atoms with E-state index in [2.05, 4.69) is 0 Å². The number of halogens is 1. The van der Waals surface area contributed by atoms with Gasteiger partial charge in [0.15, 0.2) is 0 Å². The zero-order chi connectivity index (χ0) is 11.3. The van der Waals surface area contributed by atoms with Crippen LogP contribution < -0.4 is 4.74 Å². The first-order chi connectivity index (χ1) is 7.01. The van der Waals surface area contributed by atoms with Gasteiger partial charge >= 0.3 is 0 Å². The summed E-state index contributed by atoms with van der Waals surface area (Å²) in [6.07, 6.45) is 1.21. The highest BCUT2D eigenvalue weighted by Crippen LogP contribution is 2.14. The maximum absolute atomic E-state index is 10.7. The van der Waals surface area contributed by atoms with Crippen LogP contribution >= 0.6 is 10.7 Å². The number of hydrogen-bond acceptors (Lipinski definition) is 3. The lowest BCUT2D eigenvalue weighted by molar-refractivity contribution is 0.414. The third-order valence-electron chi connectivity index (χ3n) is 1.99. The fourth-order valence-electron chi connectivity index (χ4n) is 1.28. The summed E-state index contributed by atoms with van der Waals surface area (Å²) >= 11 is 0. The zero-order valence-corrected chi connectivity index (χ0v) is 10.0. The Morgan fingerprint density at radius 3 is 2.73 bits per heavy atom. The standard InChI is InChI=1S/C10H13ClO3S/c1-14-10-6-2-4-9(8-10)5-3-7-15(11,12)13/h2,4,6,8H,3,5,7H2,1H3. The topological polar surface area (TPSA) is 43.4 Å². The van der Waals surface area contributed by atoms with Gasteiger partial charge in [-0.2, -0.15) is 0 Å². The molecular formula is C10H13ClO3S. The first kappa shape index (κ1) is 12.3. The van der Waals surface area contributed by atoms with E-state index in [0.717, 1.165) is 11.3 Å². The van der Waals surface area contributed by atoms with E-state index in [1.807, 2.05) is 24.3 Å². The third-order valence-corrected chi connectivity index (χ3v) is 3.23. The second-order valence-electron chi connectivity index (χ2n) is 3.20. The van der Waals surface area contributed by atoms with Gasteiger partial charge in [-0.15, -0.1) is 0 Å². The second kappa shape index (κ2) is 5.37. The predicted octanol–water partition coefficient (Wildman–Crippen LogP) is 2.20. The highest BCUT2D eigenvalue weighted by Gasteiger charge is 2.04. The van der Waals surface area contributed by atoms with Gasteiger partial charge in [0.2, 0.25) is 9.05 Å². The molecule has 0 unspecified atom stereocenters. The van der Waals surface area contributed by atoms with Crippen molar-refractivity contribution >= 4 is 19.7 Å². The number of rotatable bonds is 5. The molecule has 1 aromatic carbocycles. The molecule has 0 aliphatic carbocycles. The van der Waals surface area contributed by atoms with E-state index < -0.39 is 9.05 Å². The molecule has 0 N–H and O–H groups in total. The van der Waals surface area contributed by atoms with Crippen molar-refractivity contribution in [2.45, 2.75) is 12.8 Å². The molecule has 0 amide bonds. The molecule has 3 nitrogen and oxygen atoms in total. The average Bonchev–Trinajstić information content (AvgIpc) is 2.16. The van der Waals surface area contributed by atoms with Gasteiger partial charge in [-0.1, -0.05) is 12.1 Å². The van der Waals surface area contributed by atoms with Gasteiger partial charge in [0.05, 0.1) is 12.9 Å². The van der Waals surface area contributed by atoms with Gasteiger partial charge < -0.3 is 4.74 Å². The molecule has 0 heterocycles. The fraction of sp³-hybridized carbons (Fsp3) is 0.400. The van der Waals surface area contributed by atoms with Gasteiger partial charge in [0, 0.05) is 10.7 Å². The van der Waals surface area contributed by atoms with Crippen molar-refractivity contribution in [2.24, 2.45) is 0 Å². The summed E-state index contributed by atoms with van der Waals surface area (Å²) in [5, 5.41) is 0. The Kier molecular flexibility index (Phi) is 4.42. The number of benzene rings is 1. The Labute approximate surface area is 94.4 Å². The summed E-state index contributed by atoms with van der Waals surface area (Å²) in [7, 11) is 3.34. The van der Waals surface area contributed by atoms with Gasteiger partial charge in [0.1, 0.15) is 5.75 Å². The molecule has 0 aromatic heterocycles. The maximum atomic E-state index is 10.7.